The molecule has 94 valence electrons. The second-order valence-corrected chi connectivity index (χ2v) is 6.47. The van der Waals surface area contributed by atoms with Gasteiger partial charge in [-0.3, -0.25) is 5.10 Å². The summed E-state index contributed by atoms with van der Waals surface area (Å²) in [4.78, 5) is 6.02. The summed E-state index contributed by atoms with van der Waals surface area (Å²) < 4.78 is 1.11. The summed E-state index contributed by atoms with van der Waals surface area (Å²) >= 11 is 5.20. The van der Waals surface area contributed by atoms with Gasteiger partial charge in [-0.15, -0.1) is 11.3 Å². The predicted octanol–water partition coefficient (Wildman–Crippen LogP) is 3.45. The molecule has 4 rings (SSSR count). The number of halogens is 1. The van der Waals surface area contributed by atoms with E-state index in [2.05, 4.69) is 44.3 Å². The molecule has 6 heteroatoms. The topological polar surface area (TPSA) is 67.6 Å². The fraction of sp³-hybridized carbons (Fsp3) is 0.0769. The zero-order chi connectivity index (χ0) is 13.0. The number of rotatable bonds is 1. The number of fused-ring (bicyclic) bond motifs is 3. The van der Waals surface area contributed by atoms with E-state index < -0.39 is 0 Å². The molecule has 0 bridgehead atoms. The van der Waals surface area contributed by atoms with Crippen LogP contribution in [0.5, 0.6) is 0 Å². The standard InChI is InChI=1S/C13H9BrN4S/c14-7-1-2-8-6(3-7)4-10-11(8)17-13(19-10)9-5-16-18-12(9)15/h1-3,5H,4H2,(H3,15,16,18). The Kier molecular flexibility index (Phi) is 2.31. The molecule has 2 heterocycles. The molecule has 0 atom stereocenters. The van der Waals surface area contributed by atoms with Crippen LogP contribution in [-0.4, -0.2) is 15.2 Å². The van der Waals surface area contributed by atoms with E-state index in [0.29, 0.717) is 5.82 Å². The highest BCUT2D eigenvalue weighted by atomic mass is 79.9. The number of hydrogen-bond acceptors (Lipinski definition) is 4. The van der Waals surface area contributed by atoms with Gasteiger partial charge in [0.05, 0.1) is 17.5 Å². The molecule has 2 aromatic heterocycles. The Morgan fingerprint density at radius 2 is 2.21 bits per heavy atom. The molecule has 3 N–H and O–H groups in total. The highest BCUT2D eigenvalue weighted by molar-refractivity contribution is 9.10. The minimum atomic E-state index is 0.573. The molecule has 0 fully saturated rings. The highest BCUT2D eigenvalue weighted by Gasteiger charge is 2.24. The van der Waals surface area contributed by atoms with Crippen LogP contribution in [-0.2, 0) is 6.42 Å². The predicted molar refractivity (Wildman–Crippen MR) is 80.1 cm³/mol. The quantitative estimate of drug-likeness (QED) is 0.561. The molecule has 0 saturated carbocycles. The number of aromatic amines is 1. The molecule has 0 saturated heterocycles. The van der Waals surface area contributed by atoms with Crippen molar-refractivity contribution in [3.8, 4) is 21.8 Å². The van der Waals surface area contributed by atoms with Gasteiger partial charge in [0, 0.05) is 21.3 Å². The third-order valence-corrected chi connectivity index (χ3v) is 4.85. The number of benzene rings is 1. The monoisotopic (exact) mass is 332 g/mol. The molecule has 0 unspecified atom stereocenters. The number of nitrogens with two attached hydrogens (primary N) is 1. The molecule has 1 aromatic carbocycles. The summed E-state index contributed by atoms with van der Waals surface area (Å²) in [5.41, 5.74) is 10.4. The van der Waals surface area contributed by atoms with Gasteiger partial charge < -0.3 is 5.73 Å². The SMILES string of the molecule is Nc1[nH]ncc1-c1nc2c(s1)Cc1cc(Br)ccc1-2. The maximum absolute atomic E-state index is 5.85. The number of H-pyrrole nitrogens is 1. The normalized spacial score (nSPS) is 12.5. The van der Waals surface area contributed by atoms with Gasteiger partial charge in [0.2, 0.25) is 0 Å². The Balaban J connectivity index is 1.86. The van der Waals surface area contributed by atoms with Crippen molar-refractivity contribution in [2.75, 3.05) is 5.73 Å². The summed E-state index contributed by atoms with van der Waals surface area (Å²) in [7, 11) is 0. The zero-order valence-corrected chi connectivity index (χ0v) is 12.2. The Morgan fingerprint density at radius 1 is 1.32 bits per heavy atom. The minimum Gasteiger partial charge on any atom is -0.383 e. The molecule has 1 aliphatic carbocycles. The lowest BCUT2D eigenvalue weighted by Crippen LogP contribution is -1.87. The average Bonchev–Trinajstić information content (AvgIpc) is 3.01. The largest absolute Gasteiger partial charge is 0.383 e. The van der Waals surface area contributed by atoms with Gasteiger partial charge in [-0.2, -0.15) is 5.10 Å². The van der Waals surface area contributed by atoms with Gasteiger partial charge in [0.25, 0.3) is 0 Å². The van der Waals surface area contributed by atoms with Crippen LogP contribution in [0.3, 0.4) is 0 Å². The maximum Gasteiger partial charge on any atom is 0.129 e. The number of nitrogens with zero attached hydrogens (tertiary/aromatic N) is 2. The van der Waals surface area contributed by atoms with E-state index in [1.165, 1.54) is 16.0 Å². The van der Waals surface area contributed by atoms with Crippen LogP contribution in [0.4, 0.5) is 5.82 Å². The summed E-state index contributed by atoms with van der Waals surface area (Å²) in [6, 6.07) is 6.34. The van der Waals surface area contributed by atoms with Crippen LogP contribution in [0.25, 0.3) is 21.8 Å². The van der Waals surface area contributed by atoms with Crippen LogP contribution in [0.15, 0.2) is 28.9 Å². The molecular weight excluding hydrogens is 324 g/mol. The third-order valence-electron chi connectivity index (χ3n) is 3.27. The van der Waals surface area contributed by atoms with E-state index in [1.807, 2.05) is 0 Å². The van der Waals surface area contributed by atoms with Crippen molar-refractivity contribution in [1.29, 1.82) is 0 Å². The lowest BCUT2D eigenvalue weighted by atomic mass is 10.1. The Hall–Kier alpha value is -1.66. The zero-order valence-electron chi connectivity index (χ0n) is 9.77. The molecular formula is C13H9BrN4S. The first-order valence-electron chi connectivity index (χ1n) is 5.80. The van der Waals surface area contributed by atoms with Crippen molar-refractivity contribution >= 4 is 33.1 Å². The van der Waals surface area contributed by atoms with Crippen LogP contribution in [0.1, 0.15) is 10.4 Å². The molecule has 0 spiro atoms. The van der Waals surface area contributed by atoms with Crippen molar-refractivity contribution in [3.05, 3.63) is 39.3 Å². The first kappa shape index (κ1) is 11.2. The number of anilines is 1. The molecule has 4 nitrogen and oxygen atoms in total. The lowest BCUT2D eigenvalue weighted by Gasteiger charge is -1.99. The van der Waals surface area contributed by atoms with Gasteiger partial charge in [0.1, 0.15) is 10.8 Å². The van der Waals surface area contributed by atoms with Gasteiger partial charge in [-0.05, 0) is 17.7 Å². The van der Waals surface area contributed by atoms with Gasteiger partial charge >= 0.3 is 0 Å². The van der Waals surface area contributed by atoms with Crippen molar-refractivity contribution in [2.45, 2.75) is 6.42 Å². The second-order valence-electron chi connectivity index (χ2n) is 4.47. The summed E-state index contributed by atoms with van der Waals surface area (Å²) in [6.07, 6.45) is 2.67. The third kappa shape index (κ3) is 1.63. The fourth-order valence-electron chi connectivity index (χ4n) is 2.38. The minimum absolute atomic E-state index is 0.573. The van der Waals surface area contributed by atoms with Gasteiger partial charge in [0.15, 0.2) is 0 Å². The van der Waals surface area contributed by atoms with Crippen molar-refractivity contribution in [2.24, 2.45) is 0 Å². The molecule has 19 heavy (non-hydrogen) atoms. The van der Waals surface area contributed by atoms with Crippen molar-refractivity contribution < 1.29 is 0 Å². The number of hydrogen-bond donors (Lipinski definition) is 2. The van der Waals surface area contributed by atoms with Crippen LogP contribution >= 0.6 is 27.3 Å². The summed E-state index contributed by atoms with van der Waals surface area (Å²) in [6.45, 7) is 0. The van der Waals surface area contributed by atoms with Crippen LogP contribution < -0.4 is 5.73 Å². The van der Waals surface area contributed by atoms with Crippen LogP contribution in [0, 0.1) is 0 Å². The van der Waals surface area contributed by atoms with E-state index in [1.54, 1.807) is 17.5 Å². The Labute approximate surface area is 121 Å². The first-order valence-corrected chi connectivity index (χ1v) is 7.41. The second kappa shape index (κ2) is 3.91. The lowest BCUT2D eigenvalue weighted by molar-refractivity contribution is 1.10. The van der Waals surface area contributed by atoms with E-state index in [0.717, 1.165) is 27.2 Å². The average molecular weight is 333 g/mol. The maximum atomic E-state index is 5.85. The van der Waals surface area contributed by atoms with E-state index in [9.17, 15) is 0 Å². The summed E-state index contributed by atoms with van der Waals surface area (Å²) in [5.74, 6) is 0.573. The van der Waals surface area contributed by atoms with E-state index in [-0.39, 0.29) is 0 Å². The number of nitrogen functional groups attached to an aromatic ring is 1. The van der Waals surface area contributed by atoms with Crippen molar-refractivity contribution in [3.63, 3.8) is 0 Å². The van der Waals surface area contributed by atoms with Crippen LogP contribution in [0.2, 0.25) is 0 Å². The fourth-order valence-corrected chi connectivity index (χ4v) is 3.91. The van der Waals surface area contributed by atoms with Gasteiger partial charge in [-0.25, -0.2) is 4.98 Å². The van der Waals surface area contributed by atoms with Gasteiger partial charge in [-0.1, -0.05) is 22.0 Å². The smallest absolute Gasteiger partial charge is 0.129 e. The number of nitrogens with one attached hydrogen (secondary N) is 1. The molecule has 1 aliphatic rings. The number of thiazole rings is 1. The Bertz CT molecular complexity index is 790. The van der Waals surface area contributed by atoms with E-state index in [4.69, 9.17) is 10.7 Å². The van der Waals surface area contributed by atoms with E-state index >= 15 is 0 Å². The first-order chi connectivity index (χ1) is 9.22. The molecule has 0 aliphatic heterocycles. The molecule has 0 radical (unpaired) electrons. The summed E-state index contributed by atoms with van der Waals surface area (Å²) in [5, 5.41) is 7.63. The number of aromatic nitrogens is 3. The van der Waals surface area contributed by atoms with Crippen molar-refractivity contribution in [1.82, 2.24) is 15.2 Å². The molecule has 0 amide bonds. The highest BCUT2D eigenvalue weighted by Crippen LogP contribution is 2.43. The molecule has 3 aromatic rings. The Morgan fingerprint density at radius 3 is 3.00 bits per heavy atom.